The van der Waals surface area contributed by atoms with E-state index in [2.05, 4.69) is 6.07 Å². The summed E-state index contributed by atoms with van der Waals surface area (Å²) in [6, 6.07) is 12.5. The van der Waals surface area contributed by atoms with Gasteiger partial charge in [0.1, 0.15) is 17.5 Å². The molecule has 0 bridgehead atoms. The SMILES string of the molecule is Cc1ccc(S(=O)(=O)N2CC(CC(C)(C)C#N)Oc3ccc([N+](=O)[O-])cc32)cc1. The van der Waals surface area contributed by atoms with Gasteiger partial charge >= 0.3 is 0 Å². The van der Waals surface area contributed by atoms with Gasteiger partial charge in [-0.3, -0.25) is 14.4 Å². The van der Waals surface area contributed by atoms with Gasteiger partial charge in [-0.1, -0.05) is 17.7 Å². The minimum Gasteiger partial charge on any atom is -0.486 e. The molecular weight excluding hydrogens is 394 g/mol. The van der Waals surface area contributed by atoms with Gasteiger partial charge in [-0.15, -0.1) is 0 Å². The minimum absolute atomic E-state index is 0.0461. The van der Waals surface area contributed by atoms with Crippen molar-refractivity contribution >= 4 is 21.4 Å². The standard InChI is InChI=1S/C20H21N3O5S/c1-14-4-7-17(8-5-14)29(26,27)22-12-16(11-20(2,3)13-21)28-19-9-6-15(23(24)25)10-18(19)22/h4-10,16H,11-12H2,1-3H3. The largest absolute Gasteiger partial charge is 0.486 e. The highest BCUT2D eigenvalue weighted by molar-refractivity contribution is 7.92. The zero-order chi connectivity index (χ0) is 21.4. The van der Waals surface area contributed by atoms with Gasteiger partial charge in [0.2, 0.25) is 0 Å². The summed E-state index contributed by atoms with van der Waals surface area (Å²) in [4.78, 5) is 10.7. The Morgan fingerprint density at radius 1 is 1.28 bits per heavy atom. The van der Waals surface area contributed by atoms with Crippen LogP contribution in [0.5, 0.6) is 5.75 Å². The van der Waals surface area contributed by atoms with Crippen molar-refractivity contribution in [3.8, 4) is 11.8 Å². The minimum atomic E-state index is -3.98. The van der Waals surface area contributed by atoms with Crippen LogP contribution >= 0.6 is 0 Å². The van der Waals surface area contributed by atoms with Gasteiger partial charge in [0.25, 0.3) is 15.7 Å². The highest BCUT2D eigenvalue weighted by Gasteiger charge is 2.37. The lowest BCUT2D eigenvalue weighted by molar-refractivity contribution is -0.384. The molecule has 1 aliphatic heterocycles. The zero-order valence-corrected chi connectivity index (χ0v) is 17.1. The Morgan fingerprint density at radius 2 is 1.93 bits per heavy atom. The van der Waals surface area contributed by atoms with Crippen molar-refractivity contribution in [2.24, 2.45) is 5.41 Å². The third kappa shape index (κ3) is 4.17. The van der Waals surface area contributed by atoms with Gasteiger partial charge in [-0.25, -0.2) is 8.42 Å². The maximum Gasteiger partial charge on any atom is 0.271 e. The van der Waals surface area contributed by atoms with Crippen LogP contribution < -0.4 is 9.04 Å². The number of non-ortho nitro benzene ring substituents is 1. The van der Waals surface area contributed by atoms with E-state index in [0.717, 1.165) is 9.87 Å². The number of ether oxygens (including phenoxy) is 1. The van der Waals surface area contributed by atoms with E-state index in [-0.39, 0.29) is 28.6 Å². The Balaban J connectivity index is 2.10. The van der Waals surface area contributed by atoms with Crippen LogP contribution in [0.1, 0.15) is 25.8 Å². The van der Waals surface area contributed by atoms with E-state index in [4.69, 9.17) is 4.74 Å². The first-order valence-corrected chi connectivity index (χ1v) is 10.4. The van der Waals surface area contributed by atoms with Crippen LogP contribution in [-0.2, 0) is 10.0 Å². The number of benzene rings is 2. The second-order valence-corrected chi connectivity index (χ2v) is 9.56. The van der Waals surface area contributed by atoms with Gasteiger partial charge in [0.05, 0.1) is 27.8 Å². The van der Waals surface area contributed by atoms with Gasteiger partial charge in [0.15, 0.2) is 0 Å². The van der Waals surface area contributed by atoms with Gasteiger partial charge in [-0.2, -0.15) is 5.26 Å². The van der Waals surface area contributed by atoms with Crippen molar-refractivity contribution in [2.45, 2.75) is 38.2 Å². The smallest absolute Gasteiger partial charge is 0.271 e. The lowest BCUT2D eigenvalue weighted by atomic mass is 9.88. The summed E-state index contributed by atoms with van der Waals surface area (Å²) in [6.07, 6.45) is -0.265. The van der Waals surface area contributed by atoms with E-state index in [9.17, 15) is 23.8 Å². The maximum absolute atomic E-state index is 13.4. The maximum atomic E-state index is 13.4. The number of nitrogens with zero attached hydrogens (tertiary/aromatic N) is 3. The Morgan fingerprint density at radius 3 is 2.52 bits per heavy atom. The number of nitro groups is 1. The molecule has 9 heteroatoms. The fraction of sp³-hybridized carbons (Fsp3) is 0.350. The Hall–Kier alpha value is -3.12. The Labute approximate surface area is 169 Å². The summed E-state index contributed by atoms with van der Waals surface area (Å²) < 4.78 is 33.8. The second-order valence-electron chi connectivity index (χ2n) is 7.70. The Kier molecular flexibility index (Phi) is 5.24. The lowest BCUT2D eigenvalue weighted by Crippen LogP contribution is -2.45. The molecule has 0 saturated carbocycles. The number of fused-ring (bicyclic) bond motifs is 1. The molecule has 1 unspecified atom stereocenters. The number of sulfonamides is 1. The lowest BCUT2D eigenvalue weighted by Gasteiger charge is -2.37. The molecule has 0 aromatic heterocycles. The van der Waals surface area contributed by atoms with Crippen LogP contribution in [0.15, 0.2) is 47.4 Å². The molecule has 0 amide bonds. The Bertz CT molecular complexity index is 1090. The van der Waals surface area contributed by atoms with Crippen molar-refractivity contribution in [3.05, 3.63) is 58.1 Å². The molecule has 29 heavy (non-hydrogen) atoms. The van der Waals surface area contributed by atoms with Crippen molar-refractivity contribution in [3.63, 3.8) is 0 Å². The number of rotatable bonds is 5. The molecule has 0 aliphatic carbocycles. The number of hydrogen-bond acceptors (Lipinski definition) is 6. The molecule has 1 heterocycles. The number of nitriles is 1. The highest BCUT2D eigenvalue weighted by Crippen LogP contribution is 2.41. The van der Waals surface area contributed by atoms with Crippen LogP contribution in [0, 0.1) is 33.8 Å². The number of aryl methyl sites for hydroxylation is 1. The number of nitro benzene ring substituents is 1. The third-order valence-corrected chi connectivity index (χ3v) is 6.53. The average molecular weight is 415 g/mol. The van der Waals surface area contributed by atoms with E-state index >= 15 is 0 Å². The molecule has 0 spiro atoms. The topological polar surface area (TPSA) is 114 Å². The summed E-state index contributed by atoms with van der Waals surface area (Å²) in [5.74, 6) is 0.233. The number of hydrogen-bond donors (Lipinski definition) is 0. The summed E-state index contributed by atoms with van der Waals surface area (Å²) >= 11 is 0. The van der Waals surface area contributed by atoms with Crippen molar-refractivity contribution in [1.29, 1.82) is 5.26 Å². The van der Waals surface area contributed by atoms with Gasteiger partial charge in [-0.05, 0) is 39.0 Å². The molecule has 0 fully saturated rings. The first-order valence-electron chi connectivity index (χ1n) is 8.99. The molecule has 152 valence electrons. The fourth-order valence-corrected chi connectivity index (χ4v) is 4.70. The molecule has 1 aliphatic rings. The summed E-state index contributed by atoms with van der Waals surface area (Å²) in [7, 11) is -3.98. The van der Waals surface area contributed by atoms with E-state index in [1.807, 2.05) is 6.92 Å². The molecule has 0 radical (unpaired) electrons. The summed E-state index contributed by atoms with van der Waals surface area (Å²) in [5, 5.41) is 20.5. The van der Waals surface area contributed by atoms with Crippen molar-refractivity contribution < 1.29 is 18.1 Å². The third-order valence-electron chi connectivity index (χ3n) is 4.73. The first-order chi connectivity index (χ1) is 13.5. The van der Waals surface area contributed by atoms with E-state index < -0.39 is 26.5 Å². The molecular formula is C20H21N3O5S. The molecule has 3 rings (SSSR count). The van der Waals surface area contributed by atoms with Crippen LogP contribution in [0.3, 0.4) is 0 Å². The van der Waals surface area contributed by atoms with Crippen LogP contribution in [0.2, 0.25) is 0 Å². The van der Waals surface area contributed by atoms with Crippen molar-refractivity contribution in [2.75, 3.05) is 10.8 Å². The monoisotopic (exact) mass is 415 g/mol. The molecule has 8 nitrogen and oxygen atoms in total. The molecule has 2 aromatic carbocycles. The predicted molar refractivity (Wildman–Crippen MR) is 107 cm³/mol. The second kappa shape index (κ2) is 7.37. The molecule has 2 aromatic rings. The van der Waals surface area contributed by atoms with Crippen LogP contribution in [0.25, 0.3) is 0 Å². The normalized spacial score (nSPS) is 16.5. The summed E-state index contributed by atoms with van der Waals surface area (Å²) in [5.41, 5.74) is 0.0797. The highest BCUT2D eigenvalue weighted by atomic mass is 32.2. The molecule has 0 N–H and O–H groups in total. The van der Waals surface area contributed by atoms with Crippen LogP contribution in [-0.4, -0.2) is 26.0 Å². The molecule has 0 saturated heterocycles. The van der Waals surface area contributed by atoms with Gasteiger partial charge in [0, 0.05) is 18.6 Å². The quantitative estimate of drug-likeness (QED) is 0.542. The van der Waals surface area contributed by atoms with Gasteiger partial charge < -0.3 is 4.74 Å². The van der Waals surface area contributed by atoms with E-state index in [0.29, 0.717) is 6.42 Å². The zero-order valence-electron chi connectivity index (χ0n) is 16.3. The molecule has 1 atom stereocenters. The first kappa shape index (κ1) is 20.6. The number of anilines is 1. The predicted octanol–water partition coefficient (Wildman–Crippen LogP) is 3.80. The van der Waals surface area contributed by atoms with Crippen molar-refractivity contribution in [1.82, 2.24) is 0 Å². The summed E-state index contributed by atoms with van der Waals surface area (Å²) in [6.45, 7) is 5.31. The van der Waals surface area contributed by atoms with Crippen LogP contribution in [0.4, 0.5) is 11.4 Å². The van der Waals surface area contributed by atoms with E-state index in [1.54, 1.807) is 26.0 Å². The van der Waals surface area contributed by atoms with E-state index in [1.165, 1.54) is 30.3 Å². The average Bonchev–Trinajstić information content (AvgIpc) is 2.67. The fourth-order valence-electron chi connectivity index (χ4n) is 3.20.